The molecule has 0 spiro atoms. The van der Waals surface area contributed by atoms with Crippen LogP contribution in [0.4, 0.5) is 0 Å². The zero-order valence-electron chi connectivity index (χ0n) is 9.45. The van der Waals surface area contributed by atoms with Crippen molar-refractivity contribution in [3.63, 3.8) is 0 Å². The predicted molar refractivity (Wildman–Crippen MR) is 54.5 cm³/mol. The van der Waals surface area contributed by atoms with Gasteiger partial charge in [0.05, 0.1) is 0 Å². The minimum absolute atomic E-state index is 0.337. The minimum atomic E-state index is -0.719. The summed E-state index contributed by atoms with van der Waals surface area (Å²) >= 11 is 0. The van der Waals surface area contributed by atoms with E-state index in [0.29, 0.717) is 13.0 Å². The van der Waals surface area contributed by atoms with Crippen LogP contribution in [0.25, 0.3) is 0 Å². The molecule has 2 N–H and O–H groups in total. The summed E-state index contributed by atoms with van der Waals surface area (Å²) in [5.74, 6) is 3.92. The van der Waals surface area contributed by atoms with Crippen LogP contribution in [0.5, 0.6) is 0 Å². The normalized spacial score (nSPS) is 22.8. The summed E-state index contributed by atoms with van der Waals surface area (Å²) in [5.41, 5.74) is -0.561. The molecule has 1 aliphatic rings. The largest absolute Gasteiger partial charge is 0.459 e. The van der Waals surface area contributed by atoms with E-state index >= 15 is 0 Å². The summed E-state index contributed by atoms with van der Waals surface area (Å²) < 4.78 is 5.15. The Morgan fingerprint density at radius 3 is 2.67 bits per heavy atom. The predicted octanol–water partition coefficient (Wildman–Crippen LogP) is 0.440. The van der Waals surface area contributed by atoms with Gasteiger partial charge in [-0.3, -0.25) is 14.6 Å². The van der Waals surface area contributed by atoms with Crippen molar-refractivity contribution in [3.05, 3.63) is 0 Å². The van der Waals surface area contributed by atoms with E-state index in [2.05, 4.69) is 0 Å². The smallest absolute Gasteiger partial charge is 0.319 e. The van der Waals surface area contributed by atoms with Crippen molar-refractivity contribution in [2.75, 3.05) is 6.54 Å². The molecule has 1 rings (SSSR count). The number of ether oxygens (including phenoxy) is 1. The van der Waals surface area contributed by atoms with E-state index in [1.165, 1.54) is 0 Å². The van der Waals surface area contributed by atoms with Crippen LogP contribution in [0.1, 0.15) is 33.6 Å². The van der Waals surface area contributed by atoms with Gasteiger partial charge in [0, 0.05) is 6.54 Å². The molecule has 5 nitrogen and oxygen atoms in total. The van der Waals surface area contributed by atoms with E-state index in [1.54, 1.807) is 20.8 Å². The van der Waals surface area contributed by atoms with Gasteiger partial charge in [-0.15, -0.1) is 0 Å². The Labute approximate surface area is 89.5 Å². The van der Waals surface area contributed by atoms with Crippen molar-refractivity contribution >= 4 is 11.9 Å². The highest BCUT2D eigenvalue weighted by molar-refractivity contribution is 5.98. The molecule has 1 amide bonds. The van der Waals surface area contributed by atoms with Crippen LogP contribution in [0.3, 0.4) is 0 Å². The molecule has 1 unspecified atom stereocenters. The van der Waals surface area contributed by atoms with Crippen molar-refractivity contribution in [2.45, 2.75) is 39.2 Å². The van der Waals surface area contributed by atoms with Crippen molar-refractivity contribution in [1.29, 1.82) is 0 Å². The molecule has 1 heterocycles. The van der Waals surface area contributed by atoms with Gasteiger partial charge in [0.1, 0.15) is 11.5 Å². The molecule has 5 heteroatoms. The second-order valence-electron chi connectivity index (χ2n) is 4.76. The Morgan fingerprint density at radius 2 is 2.13 bits per heavy atom. The molecule has 0 saturated carbocycles. The highest BCUT2D eigenvalue weighted by atomic mass is 16.6. The van der Waals surface area contributed by atoms with Gasteiger partial charge in [-0.2, -0.15) is 0 Å². The maximum atomic E-state index is 11.6. The van der Waals surface area contributed by atoms with Crippen molar-refractivity contribution < 1.29 is 14.3 Å². The quantitative estimate of drug-likeness (QED) is 0.297. The summed E-state index contributed by atoms with van der Waals surface area (Å²) in [6.07, 6.45) is 1.27. The zero-order valence-corrected chi connectivity index (χ0v) is 9.45. The second kappa shape index (κ2) is 4.18. The average molecular weight is 214 g/mol. The Balaban J connectivity index is 2.63. The molecule has 1 atom stereocenters. The number of esters is 1. The number of hydrazine groups is 1. The van der Waals surface area contributed by atoms with Crippen LogP contribution in [0, 0.1) is 5.92 Å². The third-order valence-electron chi connectivity index (χ3n) is 2.16. The molecule has 0 aromatic carbocycles. The molecule has 1 saturated heterocycles. The number of nitrogens with zero attached hydrogens (tertiary/aromatic N) is 1. The van der Waals surface area contributed by atoms with E-state index in [9.17, 15) is 9.59 Å². The van der Waals surface area contributed by atoms with Gasteiger partial charge in [0.25, 0.3) is 5.91 Å². The molecule has 0 aromatic rings. The highest BCUT2D eigenvalue weighted by Gasteiger charge is 2.35. The molecule has 86 valence electrons. The van der Waals surface area contributed by atoms with E-state index in [-0.39, 0.29) is 5.91 Å². The topological polar surface area (TPSA) is 72.6 Å². The summed E-state index contributed by atoms with van der Waals surface area (Å²) in [5, 5.41) is 1.10. The van der Waals surface area contributed by atoms with Crippen LogP contribution < -0.4 is 5.84 Å². The number of carbonyl (C=O) groups excluding carboxylic acids is 2. The Bertz CT molecular complexity index is 270. The van der Waals surface area contributed by atoms with Gasteiger partial charge in [-0.25, -0.2) is 5.84 Å². The molecular weight excluding hydrogens is 196 g/mol. The Kier molecular flexibility index (Phi) is 3.34. The first-order chi connectivity index (χ1) is 6.81. The summed E-state index contributed by atoms with van der Waals surface area (Å²) in [6, 6.07) is 0. The molecular formula is C10H18N2O3. The van der Waals surface area contributed by atoms with E-state index < -0.39 is 17.5 Å². The van der Waals surface area contributed by atoms with Crippen LogP contribution >= 0.6 is 0 Å². The fourth-order valence-electron chi connectivity index (χ4n) is 1.49. The number of amides is 1. The summed E-state index contributed by atoms with van der Waals surface area (Å²) in [7, 11) is 0. The molecule has 15 heavy (non-hydrogen) atoms. The number of nitrogens with two attached hydrogens (primary N) is 1. The van der Waals surface area contributed by atoms with E-state index in [1.807, 2.05) is 0 Å². The SMILES string of the molecule is CC(C)(C)OC(=O)C1CCCN(N)C1=O. The van der Waals surface area contributed by atoms with Gasteiger partial charge in [-0.1, -0.05) is 0 Å². The molecule has 0 bridgehead atoms. The zero-order chi connectivity index (χ0) is 11.6. The summed E-state index contributed by atoms with van der Waals surface area (Å²) in [4.78, 5) is 23.2. The van der Waals surface area contributed by atoms with Crippen LogP contribution in [0.2, 0.25) is 0 Å². The minimum Gasteiger partial charge on any atom is -0.459 e. The number of rotatable bonds is 1. The third-order valence-corrected chi connectivity index (χ3v) is 2.16. The standard InChI is InChI=1S/C10H18N2O3/c1-10(2,3)15-9(14)7-5-4-6-12(11)8(7)13/h7H,4-6,11H2,1-3H3. The molecule has 1 aliphatic heterocycles. The van der Waals surface area contributed by atoms with Crippen molar-refractivity contribution in [2.24, 2.45) is 11.8 Å². The molecule has 1 fully saturated rings. The van der Waals surface area contributed by atoms with Gasteiger partial charge in [-0.05, 0) is 33.6 Å². The maximum Gasteiger partial charge on any atom is 0.319 e. The second-order valence-corrected chi connectivity index (χ2v) is 4.76. The number of carbonyl (C=O) groups is 2. The summed E-state index contributed by atoms with van der Waals surface area (Å²) in [6.45, 7) is 5.84. The van der Waals surface area contributed by atoms with Crippen LogP contribution in [0.15, 0.2) is 0 Å². The monoisotopic (exact) mass is 214 g/mol. The fraction of sp³-hybridized carbons (Fsp3) is 0.800. The highest BCUT2D eigenvalue weighted by Crippen LogP contribution is 2.20. The number of hydrogen-bond acceptors (Lipinski definition) is 4. The lowest BCUT2D eigenvalue weighted by Gasteiger charge is -2.29. The first kappa shape index (κ1) is 12.0. The lowest BCUT2D eigenvalue weighted by Crippen LogP contribution is -2.49. The average Bonchev–Trinajstić information content (AvgIpc) is 2.06. The van der Waals surface area contributed by atoms with Crippen molar-refractivity contribution in [3.8, 4) is 0 Å². The van der Waals surface area contributed by atoms with Crippen molar-refractivity contribution in [1.82, 2.24) is 5.01 Å². The molecule has 0 aromatic heterocycles. The first-order valence-corrected chi connectivity index (χ1v) is 5.10. The van der Waals surface area contributed by atoms with E-state index in [4.69, 9.17) is 10.6 Å². The molecule has 0 radical (unpaired) electrons. The maximum absolute atomic E-state index is 11.6. The van der Waals surface area contributed by atoms with Gasteiger partial charge in [0.15, 0.2) is 0 Å². The fourth-order valence-corrected chi connectivity index (χ4v) is 1.49. The first-order valence-electron chi connectivity index (χ1n) is 5.10. The Morgan fingerprint density at radius 1 is 1.53 bits per heavy atom. The van der Waals surface area contributed by atoms with Gasteiger partial charge < -0.3 is 4.74 Å². The Hall–Kier alpha value is -1.10. The number of piperidine rings is 1. The third kappa shape index (κ3) is 3.20. The number of hydrogen-bond donors (Lipinski definition) is 1. The molecule has 0 aliphatic carbocycles. The lowest BCUT2D eigenvalue weighted by atomic mass is 9.98. The van der Waals surface area contributed by atoms with Gasteiger partial charge >= 0.3 is 5.97 Å². The van der Waals surface area contributed by atoms with Crippen LogP contribution in [-0.4, -0.2) is 29.0 Å². The van der Waals surface area contributed by atoms with E-state index in [0.717, 1.165) is 11.4 Å². The lowest BCUT2D eigenvalue weighted by molar-refractivity contribution is -0.166. The van der Waals surface area contributed by atoms with Crippen LogP contribution in [-0.2, 0) is 14.3 Å². The van der Waals surface area contributed by atoms with Gasteiger partial charge in [0.2, 0.25) is 0 Å².